The molecule has 1 fully saturated rings. The van der Waals surface area contributed by atoms with Gasteiger partial charge >= 0.3 is 0 Å². The monoisotopic (exact) mass is 241 g/mol. The summed E-state index contributed by atoms with van der Waals surface area (Å²) in [4.78, 5) is 10.8. The zero-order valence-electron chi connectivity index (χ0n) is 5.13. The summed E-state index contributed by atoms with van der Waals surface area (Å²) in [6.07, 6.45) is 1.47. The van der Waals surface area contributed by atoms with Crippen molar-refractivity contribution in [1.82, 2.24) is 3.11 Å². The van der Waals surface area contributed by atoms with E-state index in [1.54, 1.807) is 10.2 Å². The largest absolute Gasteiger partial charge is 0.361 e. The SMILES string of the molecule is COC1CCC(=O)N1I. The van der Waals surface area contributed by atoms with Gasteiger partial charge in [0.25, 0.3) is 0 Å². The molecule has 1 atom stereocenters. The molecule has 1 aliphatic rings. The lowest BCUT2D eigenvalue weighted by Crippen LogP contribution is -2.23. The van der Waals surface area contributed by atoms with E-state index < -0.39 is 0 Å². The summed E-state index contributed by atoms with van der Waals surface area (Å²) in [5, 5.41) is 0. The number of hydrogen-bond acceptors (Lipinski definition) is 2. The van der Waals surface area contributed by atoms with Crippen LogP contribution >= 0.6 is 22.9 Å². The van der Waals surface area contributed by atoms with Crippen molar-refractivity contribution in [2.24, 2.45) is 0 Å². The molecule has 0 aromatic heterocycles. The molecule has 0 aromatic carbocycles. The number of methoxy groups -OCH3 is 1. The molecule has 1 amide bonds. The number of rotatable bonds is 1. The minimum atomic E-state index is 0.0121. The van der Waals surface area contributed by atoms with Crippen molar-refractivity contribution in [1.29, 1.82) is 0 Å². The third-order valence-electron chi connectivity index (χ3n) is 1.37. The Kier molecular flexibility index (Phi) is 2.29. The minimum absolute atomic E-state index is 0.0121. The normalized spacial score (nSPS) is 27.6. The zero-order chi connectivity index (χ0) is 6.85. The van der Waals surface area contributed by atoms with E-state index in [-0.39, 0.29) is 12.1 Å². The Hall–Kier alpha value is 0.160. The first-order valence-corrected chi connectivity index (χ1v) is 3.73. The fourth-order valence-corrected chi connectivity index (χ4v) is 1.59. The molecule has 0 saturated carbocycles. The molecule has 3 nitrogen and oxygen atoms in total. The maximum atomic E-state index is 10.8. The number of amides is 1. The van der Waals surface area contributed by atoms with Gasteiger partial charge in [-0.2, -0.15) is 0 Å². The third kappa shape index (κ3) is 1.35. The molecule has 1 saturated heterocycles. The first-order valence-electron chi connectivity index (χ1n) is 2.76. The van der Waals surface area contributed by atoms with Crippen molar-refractivity contribution in [2.45, 2.75) is 19.1 Å². The lowest BCUT2D eigenvalue weighted by molar-refractivity contribution is -0.125. The van der Waals surface area contributed by atoms with Crippen molar-refractivity contribution in [3.05, 3.63) is 0 Å². The molecule has 52 valence electrons. The van der Waals surface area contributed by atoms with Crippen LogP contribution in [0.4, 0.5) is 0 Å². The zero-order valence-corrected chi connectivity index (χ0v) is 7.29. The average Bonchev–Trinajstić information content (AvgIpc) is 2.15. The molecule has 0 bridgehead atoms. The van der Waals surface area contributed by atoms with Crippen molar-refractivity contribution in [2.75, 3.05) is 7.11 Å². The highest BCUT2D eigenvalue weighted by atomic mass is 127. The quantitative estimate of drug-likeness (QED) is 0.505. The van der Waals surface area contributed by atoms with Gasteiger partial charge in [-0.3, -0.25) is 7.91 Å². The van der Waals surface area contributed by atoms with Crippen LogP contribution in [0.3, 0.4) is 0 Å². The average molecular weight is 241 g/mol. The van der Waals surface area contributed by atoms with Crippen molar-refractivity contribution in [3.8, 4) is 0 Å². The van der Waals surface area contributed by atoms with Crippen molar-refractivity contribution >= 4 is 28.8 Å². The summed E-state index contributed by atoms with van der Waals surface area (Å²) in [6.45, 7) is 0. The molecule has 0 N–H and O–H groups in total. The number of ether oxygens (including phenoxy) is 1. The molecule has 0 spiro atoms. The van der Waals surface area contributed by atoms with E-state index in [1.165, 1.54) is 0 Å². The Morgan fingerprint density at radius 1 is 1.89 bits per heavy atom. The fraction of sp³-hybridized carbons (Fsp3) is 0.800. The predicted molar refractivity (Wildman–Crippen MR) is 40.9 cm³/mol. The van der Waals surface area contributed by atoms with Crippen LogP contribution in [0, 0.1) is 0 Å². The van der Waals surface area contributed by atoms with Crippen LogP contribution in [0.1, 0.15) is 12.8 Å². The van der Waals surface area contributed by atoms with E-state index in [4.69, 9.17) is 4.74 Å². The van der Waals surface area contributed by atoms with Gasteiger partial charge in [0.2, 0.25) is 5.91 Å². The lowest BCUT2D eigenvalue weighted by Gasteiger charge is -2.14. The van der Waals surface area contributed by atoms with Gasteiger partial charge in [-0.1, -0.05) is 0 Å². The second-order valence-electron chi connectivity index (χ2n) is 1.93. The van der Waals surface area contributed by atoms with Crippen LogP contribution in [-0.4, -0.2) is 22.4 Å². The van der Waals surface area contributed by atoms with Gasteiger partial charge in [-0.05, 0) is 0 Å². The van der Waals surface area contributed by atoms with E-state index in [0.29, 0.717) is 6.42 Å². The summed E-state index contributed by atoms with van der Waals surface area (Å²) in [5.41, 5.74) is 0. The molecular formula is C5H8INO2. The number of hydrogen-bond donors (Lipinski definition) is 0. The number of carbonyl (C=O) groups excluding carboxylic acids is 1. The fourth-order valence-electron chi connectivity index (χ4n) is 0.838. The molecule has 1 rings (SSSR count). The van der Waals surface area contributed by atoms with Crippen LogP contribution in [0.25, 0.3) is 0 Å². The van der Waals surface area contributed by atoms with Gasteiger partial charge in [-0.25, -0.2) is 0 Å². The summed E-state index contributed by atoms with van der Waals surface area (Å²) >= 11 is 1.98. The van der Waals surface area contributed by atoms with Crippen LogP contribution in [0.2, 0.25) is 0 Å². The molecule has 1 unspecified atom stereocenters. The van der Waals surface area contributed by atoms with E-state index in [0.717, 1.165) is 6.42 Å². The highest BCUT2D eigenvalue weighted by Gasteiger charge is 2.28. The minimum Gasteiger partial charge on any atom is -0.361 e. The standard InChI is InChI=1S/C5H8INO2/c1-9-5-3-2-4(8)7(5)6/h5H,2-3H2,1H3. The van der Waals surface area contributed by atoms with E-state index in [1.807, 2.05) is 22.9 Å². The van der Waals surface area contributed by atoms with Gasteiger partial charge in [0, 0.05) is 20.0 Å². The number of carbonyl (C=O) groups is 1. The van der Waals surface area contributed by atoms with Gasteiger partial charge in [0.15, 0.2) is 0 Å². The Morgan fingerprint density at radius 2 is 2.56 bits per heavy atom. The van der Waals surface area contributed by atoms with Crippen LogP contribution in [0.15, 0.2) is 0 Å². The number of halogens is 1. The molecule has 0 aromatic rings. The molecule has 9 heavy (non-hydrogen) atoms. The molecule has 0 radical (unpaired) electrons. The summed E-state index contributed by atoms with van der Waals surface area (Å²) in [5.74, 6) is 0.169. The maximum absolute atomic E-state index is 10.8. The van der Waals surface area contributed by atoms with Crippen LogP contribution in [-0.2, 0) is 9.53 Å². The highest BCUT2D eigenvalue weighted by molar-refractivity contribution is 14.1. The van der Waals surface area contributed by atoms with Crippen LogP contribution in [0.5, 0.6) is 0 Å². The van der Waals surface area contributed by atoms with E-state index in [2.05, 4.69) is 0 Å². The first kappa shape index (κ1) is 7.27. The molecule has 1 aliphatic heterocycles. The summed E-state index contributed by atoms with van der Waals surface area (Å²) in [6, 6.07) is 0. The third-order valence-corrected chi connectivity index (χ3v) is 2.53. The number of nitrogens with zero attached hydrogens (tertiary/aromatic N) is 1. The molecular weight excluding hydrogens is 233 g/mol. The van der Waals surface area contributed by atoms with Crippen molar-refractivity contribution < 1.29 is 9.53 Å². The van der Waals surface area contributed by atoms with Gasteiger partial charge in [0.1, 0.15) is 6.23 Å². The highest BCUT2D eigenvalue weighted by Crippen LogP contribution is 2.22. The Morgan fingerprint density at radius 3 is 2.78 bits per heavy atom. The molecule has 0 aliphatic carbocycles. The Labute approximate surface area is 67.8 Å². The molecule has 1 heterocycles. The second kappa shape index (κ2) is 2.83. The van der Waals surface area contributed by atoms with Crippen LogP contribution < -0.4 is 0 Å². The second-order valence-corrected chi connectivity index (χ2v) is 2.97. The summed E-state index contributed by atoms with van der Waals surface area (Å²) in [7, 11) is 1.62. The van der Waals surface area contributed by atoms with Gasteiger partial charge in [0.05, 0.1) is 22.9 Å². The topological polar surface area (TPSA) is 29.5 Å². The molecule has 4 heteroatoms. The van der Waals surface area contributed by atoms with E-state index in [9.17, 15) is 4.79 Å². The first-order chi connectivity index (χ1) is 4.25. The van der Waals surface area contributed by atoms with E-state index >= 15 is 0 Å². The van der Waals surface area contributed by atoms with Crippen molar-refractivity contribution in [3.63, 3.8) is 0 Å². The summed E-state index contributed by atoms with van der Waals surface area (Å²) < 4.78 is 6.60. The van der Waals surface area contributed by atoms with Gasteiger partial charge < -0.3 is 4.74 Å². The smallest absolute Gasteiger partial charge is 0.233 e. The predicted octanol–water partition coefficient (Wildman–Crippen LogP) is 0.931. The Balaban J connectivity index is 2.51. The van der Waals surface area contributed by atoms with Gasteiger partial charge in [-0.15, -0.1) is 0 Å². The Bertz CT molecular complexity index is 128. The maximum Gasteiger partial charge on any atom is 0.233 e. The lowest BCUT2D eigenvalue weighted by atomic mass is 10.4.